The number of piperidine rings is 1. The fraction of sp³-hybridized carbons (Fsp3) is 0.636. The molecule has 0 radical (unpaired) electrons. The normalized spacial score (nSPS) is 21.7. The van der Waals surface area contributed by atoms with Gasteiger partial charge in [-0.1, -0.05) is 6.92 Å². The fourth-order valence-electron chi connectivity index (χ4n) is 2.22. The second-order valence-corrected chi connectivity index (χ2v) is 4.07. The van der Waals surface area contributed by atoms with Gasteiger partial charge in [0.25, 0.3) is 0 Å². The summed E-state index contributed by atoms with van der Waals surface area (Å²) in [4.78, 5) is 2.36. The van der Waals surface area contributed by atoms with Crippen molar-refractivity contribution in [3.05, 3.63) is 12.1 Å². The highest BCUT2D eigenvalue weighted by Crippen LogP contribution is 2.24. The summed E-state index contributed by atoms with van der Waals surface area (Å²) in [5.41, 5.74) is 5.53. The standard InChI is InChI=1S/C11H18N4/c1-2-9-5-3-4-8-15(9)11-7-6-10(12)13-14-11/h6-7,9H,2-5,8H2,1H3,(H2,12,13). The van der Waals surface area contributed by atoms with Crippen LogP contribution in [0.5, 0.6) is 0 Å². The zero-order chi connectivity index (χ0) is 10.7. The number of nitrogens with zero attached hydrogens (tertiary/aromatic N) is 3. The van der Waals surface area contributed by atoms with Gasteiger partial charge in [-0.25, -0.2) is 0 Å². The molecular formula is C11H18N4. The van der Waals surface area contributed by atoms with Gasteiger partial charge in [0.2, 0.25) is 0 Å². The number of rotatable bonds is 2. The molecule has 1 aliphatic rings. The first kappa shape index (κ1) is 10.2. The number of hydrogen-bond donors (Lipinski definition) is 1. The van der Waals surface area contributed by atoms with Crippen molar-refractivity contribution in [3.8, 4) is 0 Å². The van der Waals surface area contributed by atoms with Crippen LogP contribution in [0.25, 0.3) is 0 Å². The molecule has 1 unspecified atom stereocenters. The number of aromatic nitrogens is 2. The van der Waals surface area contributed by atoms with Crippen LogP contribution in [0.4, 0.5) is 11.6 Å². The van der Waals surface area contributed by atoms with Crippen LogP contribution in [0, 0.1) is 0 Å². The van der Waals surface area contributed by atoms with Gasteiger partial charge in [-0.3, -0.25) is 0 Å². The number of hydrogen-bond acceptors (Lipinski definition) is 4. The molecule has 0 aromatic carbocycles. The molecule has 1 aromatic rings. The minimum absolute atomic E-state index is 0.490. The largest absolute Gasteiger partial charge is 0.382 e. The lowest BCUT2D eigenvalue weighted by atomic mass is 10.0. The predicted molar refractivity (Wildman–Crippen MR) is 61.7 cm³/mol. The third-order valence-corrected chi connectivity index (χ3v) is 3.06. The van der Waals surface area contributed by atoms with Gasteiger partial charge in [0.1, 0.15) is 5.82 Å². The van der Waals surface area contributed by atoms with Gasteiger partial charge in [0.15, 0.2) is 5.82 Å². The molecule has 0 amide bonds. The summed E-state index contributed by atoms with van der Waals surface area (Å²) in [5.74, 6) is 1.46. The molecular weight excluding hydrogens is 188 g/mol. The van der Waals surface area contributed by atoms with Crippen LogP contribution in [-0.4, -0.2) is 22.8 Å². The van der Waals surface area contributed by atoms with Gasteiger partial charge in [-0.05, 0) is 37.8 Å². The summed E-state index contributed by atoms with van der Waals surface area (Å²) in [6.45, 7) is 3.32. The Morgan fingerprint density at radius 2 is 2.27 bits per heavy atom. The Morgan fingerprint density at radius 1 is 1.40 bits per heavy atom. The van der Waals surface area contributed by atoms with Crippen molar-refractivity contribution in [2.45, 2.75) is 38.6 Å². The van der Waals surface area contributed by atoms with Crippen LogP contribution in [0.3, 0.4) is 0 Å². The molecule has 15 heavy (non-hydrogen) atoms. The molecule has 2 rings (SSSR count). The smallest absolute Gasteiger partial charge is 0.151 e. The first-order valence-corrected chi connectivity index (χ1v) is 5.67. The van der Waals surface area contributed by atoms with E-state index in [1.54, 1.807) is 0 Å². The molecule has 1 aliphatic heterocycles. The number of nitrogens with two attached hydrogens (primary N) is 1. The Morgan fingerprint density at radius 3 is 2.93 bits per heavy atom. The van der Waals surface area contributed by atoms with E-state index >= 15 is 0 Å². The van der Waals surface area contributed by atoms with Crippen LogP contribution < -0.4 is 10.6 Å². The average molecular weight is 206 g/mol. The van der Waals surface area contributed by atoms with Crippen molar-refractivity contribution in [2.75, 3.05) is 17.2 Å². The first-order chi connectivity index (χ1) is 7.31. The van der Waals surface area contributed by atoms with E-state index in [1.807, 2.05) is 12.1 Å². The lowest BCUT2D eigenvalue weighted by Gasteiger charge is -2.35. The summed E-state index contributed by atoms with van der Waals surface area (Å²) in [6.07, 6.45) is 5.02. The molecule has 4 nitrogen and oxygen atoms in total. The molecule has 1 aromatic heterocycles. The average Bonchev–Trinajstić information content (AvgIpc) is 2.30. The van der Waals surface area contributed by atoms with E-state index in [1.165, 1.54) is 25.7 Å². The molecule has 82 valence electrons. The second kappa shape index (κ2) is 4.47. The monoisotopic (exact) mass is 206 g/mol. The molecule has 0 aliphatic carbocycles. The third-order valence-electron chi connectivity index (χ3n) is 3.06. The van der Waals surface area contributed by atoms with E-state index in [4.69, 9.17) is 5.73 Å². The highest BCUT2D eigenvalue weighted by Gasteiger charge is 2.21. The molecule has 2 N–H and O–H groups in total. The van der Waals surface area contributed by atoms with Gasteiger partial charge in [-0.2, -0.15) is 0 Å². The fourth-order valence-corrected chi connectivity index (χ4v) is 2.22. The molecule has 0 spiro atoms. The number of nitrogen functional groups attached to an aromatic ring is 1. The Labute approximate surface area is 90.5 Å². The minimum atomic E-state index is 0.490. The Bertz CT molecular complexity index is 309. The minimum Gasteiger partial charge on any atom is -0.382 e. The number of anilines is 2. The maximum Gasteiger partial charge on any atom is 0.151 e. The quantitative estimate of drug-likeness (QED) is 0.802. The van der Waals surface area contributed by atoms with Crippen LogP contribution in [0.15, 0.2) is 12.1 Å². The van der Waals surface area contributed by atoms with Gasteiger partial charge >= 0.3 is 0 Å². The molecule has 4 heteroatoms. The maximum atomic E-state index is 5.53. The third kappa shape index (κ3) is 2.19. The summed E-state index contributed by atoms with van der Waals surface area (Å²) in [7, 11) is 0. The Balaban J connectivity index is 2.16. The van der Waals surface area contributed by atoms with E-state index in [2.05, 4.69) is 22.0 Å². The van der Waals surface area contributed by atoms with Crippen LogP contribution in [-0.2, 0) is 0 Å². The lowest BCUT2D eigenvalue weighted by Crippen LogP contribution is -2.39. The highest BCUT2D eigenvalue weighted by atomic mass is 15.3. The van der Waals surface area contributed by atoms with Crippen molar-refractivity contribution in [1.29, 1.82) is 0 Å². The summed E-state index contributed by atoms with van der Waals surface area (Å²) in [6, 6.07) is 4.41. The molecule has 0 saturated carbocycles. The van der Waals surface area contributed by atoms with Crippen molar-refractivity contribution < 1.29 is 0 Å². The van der Waals surface area contributed by atoms with E-state index in [0.29, 0.717) is 11.9 Å². The van der Waals surface area contributed by atoms with Crippen LogP contribution in [0.1, 0.15) is 32.6 Å². The summed E-state index contributed by atoms with van der Waals surface area (Å²) in [5, 5.41) is 8.06. The molecule has 2 heterocycles. The predicted octanol–water partition coefficient (Wildman–Crippen LogP) is 1.83. The molecule has 1 fully saturated rings. The SMILES string of the molecule is CCC1CCCCN1c1ccc(N)nn1. The van der Waals surface area contributed by atoms with Crippen molar-refractivity contribution in [2.24, 2.45) is 0 Å². The van der Waals surface area contributed by atoms with Gasteiger partial charge < -0.3 is 10.6 Å². The van der Waals surface area contributed by atoms with Crippen LogP contribution in [0.2, 0.25) is 0 Å². The van der Waals surface area contributed by atoms with E-state index < -0.39 is 0 Å². The van der Waals surface area contributed by atoms with Crippen LogP contribution >= 0.6 is 0 Å². The van der Waals surface area contributed by atoms with E-state index in [9.17, 15) is 0 Å². The van der Waals surface area contributed by atoms with Crippen molar-refractivity contribution in [3.63, 3.8) is 0 Å². The molecule has 1 atom stereocenters. The second-order valence-electron chi connectivity index (χ2n) is 4.07. The molecule has 1 saturated heterocycles. The first-order valence-electron chi connectivity index (χ1n) is 5.67. The van der Waals surface area contributed by atoms with Crippen molar-refractivity contribution in [1.82, 2.24) is 10.2 Å². The zero-order valence-electron chi connectivity index (χ0n) is 9.19. The van der Waals surface area contributed by atoms with Gasteiger partial charge in [0.05, 0.1) is 0 Å². The zero-order valence-corrected chi connectivity index (χ0v) is 9.19. The summed E-state index contributed by atoms with van der Waals surface area (Å²) >= 11 is 0. The van der Waals surface area contributed by atoms with Gasteiger partial charge in [0, 0.05) is 12.6 Å². The summed E-state index contributed by atoms with van der Waals surface area (Å²) < 4.78 is 0. The lowest BCUT2D eigenvalue weighted by molar-refractivity contribution is 0.445. The van der Waals surface area contributed by atoms with E-state index in [-0.39, 0.29) is 0 Å². The maximum absolute atomic E-state index is 5.53. The van der Waals surface area contributed by atoms with Gasteiger partial charge in [-0.15, -0.1) is 10.2 Å². The topological polar surface area (TPSA) is 55.0 Å². The highest BCUT2D eigenvalue weighted by molar-refractivity contribution is 5.42. The molecule has 0 bridgehead atoms. The Hall–Kier alpha value is -1.32. The Kier molecular flexibility index (Phi) is 3.04. The van der Waals surface area contributed by atoms with Crippen molar-refractivity contribution >= 4 is 11.6 Å². The van der Waals surface area contributed by atoms with E-state index in [0.717, 1.165) is 12.4 Å².